The van der Waals surface area contributed by atoms with Gasteiger partial charge in [0.25, 0.3) is 0 Å². The van der Waals surface area contributed by atoms with Crippen LogP contribution in [0.25, 0.3) is 5.69 Å². The van der Waals surface area contributed by atoms with Gasteiger partial charge >= 0.3 is 0 Å². The van der Waals surface area contributed by atoms with Crippen LogP contribution in [0.4, 0.5) is 0 Å². The van der Waals surface area contributed by atoms with Crippen molar-refractivity contribution in [1.82, 2.24) is 19.8 Å². The Morgan fingerprint density at radius 2 is 1.88 bits per heavy atom. The first-order chi connectivity index (χ1) is 14.8. The third-order valence-electron chi connectivity index (χ3n) is 6.94. The zero-order chi connectivity index (χ0) is 20.4. The Hall–Kier alpha value is -2.05. The number of methoxy groups -OCH3 is 1. The largest absolute Gasteiger partial charge is 0.497 e. The van der Waals surface area contributed by atoms with Crippen LogP contribution >= 0.6 is 24.8 Å². The van der Waals surface area contributed by atoms with E-state index in [1.54, 1.807) is 7.11 Å². The first-order valence-corrected chi connectivity index (χ1v) is 10.9. The first-order valence-electron chi connectivity index (χ1n) is 10.9. The number of imidazole rings is 1. The van der Waals surface area contributed by atoms with Gasteiger partial charge < -0.3 is 14.6 Å². The molecule has 0 radical (unpaired) electrons. The third kappa shape index (κ3) is 4.96. The number of nitrogens with zero attached hydrogens (tertiary/aromatic N) is 3. The van der Waals surface area contributed by atoms with E-state index in [0.717, 1.165) is 62.3 Å². The molecular weight excluding hydrogens is 443 g/mol. The Labute approximate surface area is 203 Å². The van der Waals surface area contributed by atoms with E-state index in [-0.39, 0.29) is 24.8 Å². The Morgan fingerprint density at radius 3 is 2.62 bits per heavy atom. The summed E-state index contributed by atoms with van der Waals surface area (Å²) in [5.74, 6) is 2.71. The fourth-order valence-corrected chi connectivity index (χ4v) is 5.28. The molecule has 1 aromatic heterocycles. The summed E-state index contributed by atoms with van der Waals surface area (Å²) in [7, 11) is 1.70. The SMILES string of the molecule is COc1ccc(-n2ccnc2CN2CC3CNCC3(CCc3ccccc3)C2)cc1.Cl.Cl. The van der Waals surface area contributed by atoms with Gasteiger partial charge in [-0.2, -0.15) is 0 Å². The molecule has 1 N–H and O–H groups in total. The van der Waals surface area contributed by atoms with Gasteiger partial charge in [0.1, 0.15) is 11.6 Å². The number of aryl methyl sites for hydroxylation is 1. The van der Waals surface area contributed by atoms with Gasteiger partial charge in [-0.1, -0.05) is 30.3 Å². The summed E-state index contributed by atoms with van der Waals surface area (Å²) in [5, 5.41) is 3.67. The van der Waals surface area contributed by atoms with Gasteiger partial charge in [0.2, 0.25) is 0 Å². The molecular formula is C25H32Cl2N4O. The topological polar surface area (TPSA) is 42.3 Å². The third-order valence-corrected chi connectivity index (χ3v) is 6.94. The lowest BCUT2D eigenvalue weighted by molar-refractivity contribution is 0.234. The maximum absolute atomic E-state index is 5.29. The molecule has 0 bridgehead atoms. The van der Waals surface area contributed by atoms with Gasteiger partial charge in [0, 0.05) is 43.1 Å². The highest BCUT2D eigenvalue weighted by molar-refractivity contribution is 5.85. The molecule has 2 saturated heterocycles. The molecule has 5 rings (SSSR count). The summed E-state index contributed by atoms with van der Waals surface area (Å²) in [6.07, 6.45) is 6.37. The summed E-state index contributed by atoms with van der Waals surface area (Å²) in [5.41, 5.74) is 2.96. The highest BCUT2D eigenvalue weighted by Crippen LogP contribution is 2.43. The van der Waals surface area contributed by atoms with Crippen molar-refractivity contribution >= 4 is 24.8 Å². The number of rotatable bonds is 7. The van der Waals surface area contributed by atoms with Crippen LogP contribution in [0.1, 0.15) is 17.8 Å². The summed E-state index contributed by atoms with van der Waals surface area (Å²) in [6.45, 7) is 5.46. The summed E-state index contributed by atoms with van der Waals surface area (Å²) in [4.78, 5) is 7.29. The second kappa shape index (κ2) is 10.7. The summed E-state index contributed by atoms with van der Waals surface area (Å²) in [6, 6.07) is 19.1. The fraction of sp³-hybridized carbons (Fsp3) is 0.400. The minimum absolute atomic E-state index is 0. The maximum atomic E-state index is 5.29. The van der Waals surface area contributed by atoms with Gasteiger partial charge in [0.05, 0.1) is 13.7 Å². The number of benzene rings is 2. The maximum Gasteiger partial charge on any atom is 0.127 e. The molecule has 2 aliphatic heterocycles. The van der Waals surface area contributed by atoms with Crippen LogP contribution in [-0.4, -0.2) is 47.7 Å². The molecule has 0 amide bonds. The lowest BCUT2D eigenvalue weighted by Crippen LogP contribution is -2.33. The second-order valence-electron chi connectivity index (χ2n) is 8.76. The standard InChI is InChI=1S/C25H30N4O.2ClH/c1-30-23-9-7-22(8-10-23)29-14-13-27-24(29)17-28-16-21-15-26-18-25(21,19-28)12-11-20-5-3-2-4-6-20;;/h2-10,13-14,21,26H,11-12,15-19H2,1H3;2*1H. The summed E-state index contributed by atoms with van der Waals surface area (Å²) >= 11 is 0. The predicted octanol–water partition coefficient (Wildman–Crippen LogP) is 4.38. The van der Waals surface area contributed by atoms with Crippen molar-refractivity contribution in [3.8, 4) is 11.4 Å². The number of nitrogens with one attached hydrogen (secondary N) is 1. The molecule has 3 aromatic rings. The molecule has 32 heavy (non-hydrogen) atoms. The minimum atomic E-state index is 0. The first kappa shape index (κ1) is 24.6. The lowest BCUT2D eigenvalue weighted by atomic mass is 9.76. The molecule has 7 heteroatoms. The number of fused-ring (bicyclic) bond motifs is 1. The van der Waals surface area contributed by atoms with Crippen molar-refractivity contribution in [1.29, 1.82) is 0 Å². The Balaban J connectivity index is 0.00000144. The van der Waals surface area contributed by atoms with E-state index >= 15 is 0 Å². The second-order valence-corrected chi connectivity index (χ2v) is 8.76. The van der Waals surface area contributed by atoms with Crippen molar-refractivity contribution in [2.45, 2.75) is 19.4 Å². The van der Waals surface area contributed by atoms with E-state index < -0.39 is 0 Å². The number of ether oxygens (including phenoxy) is 1. The van der Waals surface area contributed by atoms with Crippen LogP contribution in [0.5, 0.6) is 5.75 Å². The zero-order valence-corrected chi connectivity index (χ0v) is 20.1. The van der Waals surface area contributed by atoms with E-state index in [9.17, 15) is 0 Å². The zero-order valence-electron chi connectivity index (χ0n) is 18.4. The van der Waals surface area contributed by atoms with Crippen LogP contribution in [-0.2, 0) is 13.0 Å². The number of halogens is 2. The molecule has 0 aliphatic carbocycles. The molecule has 2 atom stereocenters. The lowest BCUT2D eigenvalue weighted by Gasteiger charge is -2.28. The Kier molecular flexibility index (Phi) is 8.23. The Bertz CT molecular complexity index is 979. The quantitative estimate of drug-likeness (QED) is 0.551. The van der Waals surface area contributed by atoms with Crippen molar-refractivity contribution in [2.75, 3.05) is 33.3 Å². The smallest absolute Gasteiger partial charge is 0.127 e. The highest BCUT2D eigenvalue weighted by Gasteiger charge is 2.48. The number of hydrogen-bond donors (Lipinski definition) is 1. The van der Waals surface area contributed by atoms with E-state index in [4.69, 9.17) is 4.74 Å². The van der Waals surface area contributed by atoms with Crippen LogP contribution in [0, 0.1) is 11.3 Å². The van der Waals surface area contributed by atoms with Crippen LogP contribution in [0.3, 0.4) is 0 Å². The molecule has 2 aromatic carbocycles. The van der Waals surface area contributed by atoms with Crippen LogP contribution in [0.15, 0.2) is 67.0 Å². The number of likely N-dealkylation sites (tertiary alicyclic amines) is 1. The van der Waals surface area contributed by atoms with E-state index in [1.807, 2.05) is 18.3 Å². The molecule has 2 unspecified atom stereocenters. The predicted molar refractivity (Wildman–Crippen MR) is 133 cm³/mol. The van der Waals surface area contributed by atoms with Gasteiger partial charge in [-0.05, 0) is 55.1 Å². The van der Waals surface area contributed by atoms with Crippen molar-refractivity contribution in [3.63, 3.8) is 0 Å². The monoisotopic (exact) mass is 474 g/mol. The van der Waals surface area contributed by atoms with Gasteiger partial charge in [-0.3, -0.25) is 4.90 Å². The van der Waals surface area contributed by atoms with Crippen molar-refractivity contribution in [3.05, 3.63) is 78.4 Å². The van der Waals surface area contributed by atoms with E-state index in [0.29, 0.717) is 5.41 Å². The fourth-order valence-electron chi connectivity index (χ4n) is 5.28. The Morgan fingerprint density at radius 1 is 1.09 bits per heavy atom. The van der Waals surface area contributed by atoms with E-state index in [1.165, 1.54) is 12.0 Å². The number of aromatic nitrogens is 2. The molecule has 0 spiro atoms. The van der Waals surface area contributed by atoms with Gasteiger partial charge in [-0.25, -0.2) is 4.98 Å². The van der Waals surface area contributed by atoms with Crippen molar-refractivity contribution in [2.24, 2.45) is 11.3 Å². The minimum Gasteiger partial charge on any atom is -0.497 e. The summed E-state index contributed by atoms with van der Waals surface area (Å²) < 4.78 is 7.49. The molecule has 2 aliphatic rings. The van der Waals surface area contributed by atoms with Gasteiger partial charge in [0.15, 0.2) is 0 Å². The molecule has 172 valence electrons. The van der Waals surface area contributed by atoms with Crippen molar-refractivity contribution < 1.29 is 4.74 Å². The highest BCUT2D eigenvalue weighted by atomic mass is 35.5. The average Bonchev–Trinajstić information content (AvgIpc) is 3.48. The normalized spacial score (nSPS) is 22.1. The van der Waals surface area contributed by atoms with Crippen LogP contribution in [0.2, 0.25) is 0 Å². The molecule has 5 nitrogen and oxygen atoms in total. The molecule has 2 fully saturated rings. The number of hydrogen-bond acceptors (Lipinski definition) is 4. The molecule has 3 heterocycles. The van der Waals surface area contributed by atoms with E-state index in [2.05, 4.69) is 68.4 Å². The van der Waals surface area contributed by atoms with Gasteiger partial charge in [-0.15, -0.1) is 24.8 Å². The van der Waals surface area contributed by atoms with Crippen LogP contribution < -0.4 is 10.1 Å². The molecule has 0 saturated carbocycles. The average molecular weight is 475 g/mol.